The van der Waals surface area contributed by atoms with Crippen LogP contribution in [-0.4, -0.2) is 28.7 Å². The van der Waals surface area contributed by atoms with Crippen LogP contribution in [0, 0.1) is 0 Å². The summed E-state index contributed by atoms with van der Waals surface area (Å²) in [6.45, 7) is -2.90. The molecule has 0 aliphatic carbocycles. The molecule has 2 rings (SSSR count). The van der Waals surface area contributed by atoms with Gasteiger partial charge >= 0.3 is 12.6 Å². The number of carbonyl (C=O) groups is 1. The quantitative estimate of drug-likeness (QED) is 0.732. The molecular weight excluding hydrogens is 318 g/mol. The summed E-state index contributed by atoms with van der Waals surface area (Å²) in [6.07, 6.45) is 2.27. The number of benzene rings is 1. The number of hydrogen-bond donors (Lipinski definition) is 2. The second-order valence-corrected chi connectivity index (χ2v) is 5.22. The monoisotopic (exact) mass is 336 g/mol. The van der Waals surface area contributed by atoms with Gasteiger partial charge in [0.2, 0.25) is 0 Å². The first kappa shape index (κ1) is 17.7. The van der Waals surface area contributed by atoms with Crippen LogP contribution >= 0.6 is 0 Å². The predicted octanol–water partition coefficient (Wildman–Crippen LogP) is 3.57. The zero-order chi connectivity index (χ0) is 17.4. The van der Waals surface area contributed by atoms with E-state index < -0.39 is 12.6 Å². The Morgan fingerprint density at radius 2 is 1.96 bits per heavy atom. The Labute approximate surface area is 138 Å². The fourth-order valence-electron chi connectivity index (χ4n) is 2.27. The second kappa shape index (κ2) is 8.81. The van der Waals surface area contributed by atoms with E-state index in [9.17, 15) is 13.6 Å². The molecular formula is C17H18F2N2O3. The summed E-state index contributed by atoms with van der Waals surface area (Å²) in [5, 5.41) is 12.0. The summed E-state index contributed by atoms with van der Waals surface area (Å²) >= 11 is 0. The molecule has 0 spiro atoms. The molecule has 1 unspecified atom stereocenters. The van der Waals surface area contributed by atoms with E-state index in [-0.39, 0.29) is 18.2 Å². The first-order valence-corrected chi connectivity index (χ1v) is 7.46. The fraction of sp³-hybridized carbons (Fsp3) is 0.294. The Balaban J connectivity index is 2.02. The number of nitrogens with zero attached hydrogens (tertiary/aromatic N) is 1. The zero-order valence-corrected chi connectivity index (χ0v) is 12.9. The van der Waals surface area contributed by atoms with Crippen LogP contribution in [0.4, 0.5) is 14.6 Å². The van der Waals surface area contributed by atoms with Gasteiger partial charge < -0.3 is 15.2 Å². The lowest BCUT2D eigenvalue weighted by molar-refractivity contribution is -0.137. The van der Waals surface area contributed by atoms with E-state index in [1.54, 1.807) is 0 Å². The molecule has 24 heavy (non-hydrogen) atoms. The molecule has 0 radical (unpaired) electrons. The van der Waals surface area contributed by atoms with Crippen molar-refractivity contribution in [2.45, 2.75) is 31.9 Å². The van der Waals surface area contributed by atoms with Gasteiger partial charge in [-0.1, -0.05) is 30.3 Å². The molecule has 1 aromatic carbocycles. The second-order valence-electron chi connectivity index (χ2n) is 5.22. The van der Waals surface area contributed by atoms with Gasteiger partial charge in [0.05, 0.1) is 6.20 Å². The van der Waals surface area contributed by atoms with Crippen molar-refractivity contribution >= 4 is 11.8 Å². The SMILES string of the molecule is O=C(O)CCC(Cc1ccccc1)Nc1ccc(OC(F)F)cn1. The summed E-state index contributed by atoms with van der Waals surface area (Å²) < 4.78 is 28.5. The summed E-state index contributed by atoms with van der Waals surface area (Å²) in [6, 6.07) is 12.4. The van der Waals surface area contributed by atoms with Crippen molar-refractivity contribution in [3.05, 3.63) is 54.2 Å². The maximum atomic E-state index is 12.1. The molecule has 1 atom stereocenters. The third-order valence-corrected chi connectivity index (χ3v) is 3.35. The highest BCUT2D eigenvalue weighted by Gasteiger charge is 2.13. The first-order valence-electron chi connectivity index (χ1n) is 7.46. The minimum Gasteiger partial charge on any atom is -0.481 e. The Kier molecular flexibility index (Phi) is 6.48. The molecule has 1 heterocycles. The van der Waals surface area contributed by atoms with E-state index >= 15 is 0 Å². The molecule has 2 N–H and O–H groups in total. The maximum absolute atomic E-state index is 12.1. The van der Waals surface area contributed by atoms with Crippen LogP contribution in [0.2, 0.25) is 0 Å². The van der Waals surface area contributed by atoms with E-state index in [0.29, 0.717) is 18.7 Å². The lowest BCUT2D eigenvalue weighted by Gasteiger charge is -2.19. The van der Waals surface area contributed by atoms with Crippen molar-refractivity contribution in [2.24, 2.45) is 0 Å². The molecule has 7 heteroatoms. The van der Waals surface area contributed by atoms with Gasteiger partial charge in [0.25, 0.3) is 0 Å². The molecule has 0 aliphatic rings. The van der Waals surface area contributed by atoms with Crippen LogP contribution < -0.4 is 10.1 Å². The van der Waals surface area contributed by atoms with Gasteiger partial charge in [0, 0.05) is 12.5 Å². The summed E-state index contributed by atoms with van der Waals surface area (Å²) in [5.74, 6) is -0.424. The van der Waals surface area contributed by atoms with Crippen LogP contribution in [0.15, 0.2) is 48.7 Å². The molecule has 0 amide bonds. The molecule has 0 saturated heterocycles. The Bertz CT molecular complexity index is 636. The van der Waals surface area contributed by atoms with Gasteiger partial charge in [0.15, 0.2) is 0 Å². The minimum atomic E-state index is -2.90. The third-order valence-electron chi connectivity index (χ3n) is 3.35. The standard InChI is InChI=1S/C17H18F2N2O3/c18-17(19)24-14-7-8-15(20-11-14)21-13(6-9-16(22)23)10-12-4-2-1-3-5-12/h1-5,7-8,11,13,17H,6,9-10H2,(H,20,21)(H,22,23). The van der Waals surface area contributed by atoms with Crippen molar-refractivity contribution in [1.29, 1.82) is 0 Å². The van der Waals surface area contributed by atoms with E-state index in [1.165, 1.54) is 18.3 Å². The lowest BCUT2D eigenvalue weighted by atomic mass is 10.0. The number of hydrogen-bond acceptors (Lipinski definition) is 4. The zero-order valence-electron chi connectivity index (χ0n) is 12.9. The van der Waals surface area contributed by atoms with E-state index in [2.05, 4.69) is 15.0 Å². The van der Waals surface area contributed by atoms with E-state index in [1.807, 2.05) is 30.3 Å². The Morgan fingerprint density at radius 3 is 2.54 bits per heavy atom. The fourth-order valence-corrected chi connectivity index (χ4v) is 2.27. The average Bonchev–Trinajstić information content (AvgIpc) is 2.55. The molecule has 0 fully saturated rings. The lowest BCUT2D eigenvalue weighted by Crippen LogP contribution is -2.24. The van der Waals surface area contributed by atoms with E-state index in [0.717, 1.165) is 5.56 Å². The number of carboxylic acid groups (broad SMARTS) is 1. The number of anilines is 1. The van der Waals surface area contributed by atoms with Crippen molar-refractivity contribution < 1.29 is 23.4 Å². The van der Waals surface area contributed by atoms with E-state index in [4.69, 9.17) is 5.11 Å². The van der Waals surface area contributed by atoms with Crippen LogP contribution in [0.5, 0.6) is 5.75 Å². The van der Waals surface area contributed by atoms with Gasteiger partial charge in [-0.15, -0.1) is 0 Å². The van der Waals surface area contributed by atoms with Crippen molar-refractivity contribution in [1.82, 2.24) is 4.98 Å². The van der Waals surface area contributed by atoms with Crippen molar-refractivity contribution in [3.63, 3.8) is 0 Å². The van der Waals surface area contributed by atoms with Gasteiger partial charge in [-0.05, 0) is 30.5 Å². The van der Waals surface area contributed by atoms with Crippen LogP contribution in [-0.2, 0) is 11.2 Å². The van der Waals surface area contributed by atoms with Gasteiger partial charge in [0.1, 0.15) is 11.6 Å². The topological polar surface area (TPSA) is 71.5 Å². The highest BCUT2D eigenvalue weighted by molar-refractivity contribution is 5.66. The molecule has 0 bridgehead atoms. The number of carboxylic acids is 1. The van der Waals surface area contributed by atoms with Crippen LogP contribution in [0.1, 0.15) is 18.4 Å². The number of aliphatic carboxylic acids is 1. The number of pyridine rings is 1. The van der Waals surface area contributed by atoms with Crippen molar-refractivity contribution in [2.75, 3.05) is 5.32 Å². The molecule has 2 aromatic rings. The Hall–Kier alpha value is -2.70. The molecule has 5 nitrogen and oxygen atoms in total. The number of ether oxygens (including phenoxy) is 1. The number of rotatable bonds is 9. The minimum absolute atomic E-state index is 0.0249. The van der Waals surface area contributed by atoms with Gasteiger partial charge in [-0.2, -0.15) is 8.78 Å². The summed E-state index contributed by atoms with van der Waals surface area (Å²) in [7, 11) is 0. The highest BCUT2D eigenvalue weighted by atomic mass is 19.3. The normalized spacial score (nSPS) is 12.0. The smallest absolute Gasteiger partial charge is 0.387 e. The van der Waals surface area contributed by atoms with Gasteiger partial charge in [-0.25, -0.2) is 4.98 Å². The number of halogens is 2. The summed E-state index contributed by atoms with van der Waals surface area (Å²) in [4.78, 5) is 14.8. The Morgan fingerprint density at radius 1 is 1.21 bits per heavy atom. The third kappa shape index (κ3) is 6.20. The largest absolute Gasteiger partial charge is 0.481 e. The van der Waals surface area contributed by atoms with Crippen LogP contribution in [0.3, 0.4) is 0 Å². The number of aromatic nitrogens is 1. The number of nitrogens with one attached hydrogen (secondary N) is 1. The van der Waals surface area contributed by atoms with Crippen molar-refractivity contribution in [3.8, 4) is 5.75 Å². The first-order chi connectivity index (χ1) is 11.5. The molecule has 0 aliphatic heterocycles. The molecule has 0 saturated carbocycles. The van der Waals surface area contributed by atoms with Crippen LogP contribution in [0.25, 0.3) is 0 Å². The van der Waals surface area contributed by atoms with Gasteiger partial charge in [-0.3, -0.25) is 4.79 Å². The summed E-state index contributed by atoms with van der Waals surface area (Å²) in [5.41, 5.74) is 1.07. The number of alkyl halides is 2. The maximum Gasteiger partial charge on any atom is 0.387 e. The average molecular weight is 336 g/mol. The predicted molar refractivity (Wildman–Crippen MR) is 85.3 cm³/mol. The highest BCUT2D eigenvalue weighted by Crippen LogP contribution is 2.17. The molecule has 1 aromatic heterocycles. The molecule has 128 valence electrons.